The van der Waals surface area contributed by atoms with Crippen molar-refractivity contribution in [2.24, 2.45) is 0 Å². The molecule has 0 bridgehead atoms. The summed E-state index contributed by atoms with van der Waals surface area (Å²) in [5, 5.41) is 1.21. The summed E-state index contributed by atoms with van der Waals surface area (Å²) in [5.74, 6) is 1.73. The normalized spacial score (nSPS) is 13.2. The third-order valence-corrected chi connectivity index (χ3v) is 5.57. The summed E-state index contributed by atoms with van der Waals surface area (Å²) in [5.41, 5.74) is 8.21. The van der Waals surface area contributed by atoms with Crippen molar-refractivity contribution in [1.29, 1.82) is 0 Å². The predicted molar refractivity (Wildman–Crippen MR) is 114 cm³/mol. The highest BCUT2D eigenvalue weighted by atomic mass is 16.5. The topological polar surface area (TPSA) is 25.6 Å². The van der Waals surface area contributed by atoms with Crippen molar-refractivity contribution in [2.45, 2.75) is 26.7 Å². The molecule has 0 atom stereocenters. The fourth-order valence-electron chi connectivity index (χ4n) is 4.23. The molecule has 140 valence electrons. The Morgan fingerprint density at radius 2 is 1.64 bits per heavy atom. The minimum absolute atomic E-state index is 0.832. The molecule has 3 nitrogen and oxygen atoms in total. The number of fused-ring (bicyclic) bond motifs is 4. The Hall–Kier alpha value is -3.20. The molecule has 0 amide bonds. The summed E-state index contributed by atoms with van der Waals surface area (Å²) in [6.45, 7) is 4.28. The molecule has 28 heavy (non-hydrogen) atoms. The number of benzene rings is 3. The predicted octanol–water partition coefficient (Wildman–Crippen LogP) is 6.63. The molecule has 0 aliphatic carbocycles. The molecule has 4 aromatic rings. The summed E-state index contributed by atoms with van der Waals surface area (Å²) < 4.78 is 12.2. The van der Waals surface area contributed by atoms with Crippen molar-refractivity contribution in [1.82, 2.24) is 0 Å². The zero-order chi connectivity index (χ0) is 19.3. The summed E-state index contributed by atoms with van der Waals surface area (Å²) in [6, 6.07) is 21.2. The van der Waals surface area contributed by atoms with Crippen LogP contribution in [0.15, 0.2) is 65.1 Å². The lowest BCUT2D eigenvalue weighted by molar-refractivity contribution is 0.415. The van der Waals surface area contributed by atoms with Gasteiger partial charge in [0, 0.05) is 10.9 Å². The highest BCUT2D eigenvalue weighted by molar-refractivity contribution is 5.92. The Balaban J connectivity index is 1.84. The van der Waals surface area contributed by atoms with Gasteiger partial charge in [0.2, 0.25) is 5.88 Å². The summed E-state index contributed by atoms with van der Waals surface area (Å²) in [4.78, 5) is 2.23. The van der Waals surface area contributed by atoms with Crippen molar-refractivity contribution >= 4 is 28.2 Å². The molecular weight excluding hydrogens is 346 g/mol. The molecule has 1 aromatic heterocycles. The number of furan rings is 1. The van der Waals surface area contributed by atoms with Crippen LogP contribution in [0.4, 0.5) is 17.3 Å². The Bertz CT molecular complexity index is 1190. The summed E-state index contributed by atoms with van der Waals surface area (Å²) in [6.07, 6.45) is 1.94. The Kier molecular flexibility index (Phi) is 3.90. The molecular formula is C25H23NO2. The van der Waals surface area contributed by atoms with Gasteiger partial charge in [0.1, 0.15) is 11.3 Å². The molecule has 2 heterocycles. The zero-order valence-electron chi connectivity index (χ0n) is 16.5. The molecule has 0 saturated carbocycles. The number of ether oxygens (including phenoxy) is 1. The van der Waals surface area contributed by atoms with Crippen LogP contribution >= 0.6 is 0 Å². The molecule has 0 fully saturated rings. The monoisotopic (exact) mass is 369 g/mol. The number of anilines is 3. The maximum Gasteiger partial charge on any atom is 0.209 e. The van der Waals surface area contributed by atoms with Crippen LogP contribution < -0.4 is 9.64 Å². The third-order valence-electron chi connectivity index (χ3n) is 5.57. The quantitative estimate of drug-likeness (QED) is 0.397. The molecule has 1 aliphatic rings. The maximum absolute atomic E-state index is 6.45. The largest absolute Gasteiger partial charge is 0.495 e. The minimum Gasteiger partial charge on any atom is -0.495 e. The van der Waals surface area contributed by atoms with Gasteiger partial charge < -0.3 is 9.15 Å². The fourth-order valence-corrected chi connectivity index (χ4v) is 4.23. The first-order valence-corrected chi connectivity index (χ1v) is 9.70. The highest BCUT2D eigenvalue weighted by Crippen LogP contribution is 2.48. The highest BCUT2D eigenvalue weighted by Gasteiger charge is 2.29. The van der Waals surface area contributed by atoms with Gasteiger partial charge >= 0.3 is 0 Å². The van der Waals surface area contributed by atoms with Crippen LogP contribution in [-0.2, 0) is 12.8 Å². The van der Waals surface area contributed by atoms with Crippen LogP contribution in [0.1, 0.15) is 22.3 Å². The van der Waals surface area contributed by atoms with Crippen LogP contribution in [0.25, 0.3) is 11.0 Å². The number of methoxy groups -OCH3 is 1. The Labute approximate surface area is 165 Å². The van der Waals surface area contributed by atoms with Crippen molar-refractivity contribution < 1.29 is 9.15 Å². The molecule has 1 aliphatic heterocycles. The van der Waals surface area contributed by atoms with E-state index in [1.807, 2.05) is 18.2 Å². The van der Waals surface area contributed by atoms with E-state index in [1.54, 1.807) is 7.11 Å². The maximum atomic E-state index is 6.45. The van der Waals surface area contributed by atoms with E-state index in [0.717, 1.165) is 41.4 Å². The second-order valence-electron chi connectivity index (χ2n) is 7.52. The first-order valence-electron chi connectivity index (χ1n) is 9.70. The number of aryl methyl sites for hydroxylation is 4. The van der Waals surface area contributed by atoms with Crippen LogP contribution in [0, 0.1) is 13.8 Å². The van der Waals surface area contributed by atoms with Gasteiger partial charge in [-0.05, 0) is 62.6 Å². The van der Waals surface area contributed by atoms with Crippen LogP contribution in [0.5, 0.6) is 5.75 Å². The van der Waals surface area contributed by atoms with E-state index in [4.69, 9.17) is 9.15 Å². The number of para-hydroxylation sites is 2. The zero-order valence-corrected chi connectivity index (χ0v) is 16.5. The van der Waals surface area contributed by atoms with Gasteiger partial charge in [0.05, 0.1) is 18.5 Å². The minimum atomic E-state index is 0.832. The Morgan fingerprint density at radius 1 is 0.857 bits per heavy atom. The van der Waals surface area contributed by atoms with E-state index in [9.17, 15) is 0 Å². The fraction of sp³-hybridized carbons (Fsp3) is 0.200. The number of rotatable bonds is 2. The molecule has 3 heteroatoms. The number of nitrogens with zero attached hydrogens (tertiary/aromatic N) is 1. The summed E-state index contributed by atoms with van der Waals surface area (Å²) >= 11 is 0. The molecule has 3 aromatic carbocycles. The van der Waals surface area contributed by atoms with Gasteiger partial charge in [-0.2, -0.15) is 0 Å². The molecule has 0 spiro atoms. The lowest BCUT2D eigenvalue weighted by atomic mass is 10.0. The van der Waals surface area contributed by atoms with Crippen LogP contribution in [0.2, 0.25) is 0 Å². The lowest BCUT2D eigenvalue weighted by Gasteiger charge is -2.25. The van der Waals surface area contributed by atoms with Gasteiger partial charge in [-0.15, -0.1) is 0 Å². The number of hydrogen-bond donors (Lipinski definition) is 0. The van der Waals surface area contributed by atoms with E-state index < -0.39 is 0 Å². The van der Waals surface area contributed by atoms with Crippen molar-refractivity contribution in [3.05, 3.63) is 82.9 Å². The molecule has 0 unspecified atom stereocenters. The van der Waals surface area contributed by atoms with Gasteiger partial charge in [-0.25, -0.2) is 0 Å². The molecule has 0 saturated heterocycles. The smallest absolute Gasteiger partial charge is 0.209 e. The van der Waals surface area contributed by atoms with Crippen molar-refractivity contribution in [3.63, 3.8) is 0 Å². The van der Waals surface area contributed by atoms with E-state index in [2.05, 4.69) is 61.2 Å². The van der Waals surface area contributed by atoms with E-state index in [1.165, 1.54) is 27.6 Å². The van der Waals surface area contributed by atoms with Crippen molar-refractivity contribution in [3.8, 4) is 5.75 Å². The average molecular weight is 369 g/mol. The Morgan fingerprint density at radius 3 is 2.50 bits per heavy atom. The molecule has 0 N–H and O–H groups in total. The SMILES string of the molecule is COc1ccccc1N1c2ccc(C)cc2CCc2c1oc1ccc(C)cc21. The van der Waals surface area contributed by atoms with Crippen LogP contribution in [0.3, 0.4) is 0 Å². The van der Waals surface area contributed by atoms with E-state index >= 15 is 0 Å². The molecule has 5 rings (SSSR count). The standard InChI is InChI=1S/C25H23NO2/c1-16-8-12-21-18(14-16)10-11-19-20-15-17(2)9-13-23(20)28-25(19)26(21)22-6-4-5-7-24(22)27-3/h4-9,12-15H,10-11H2,1-3H3. The first kappa shape index (κ1) is 16.9. The van der Waals surface area contributed by atoms with Gasteiger partial charge in [0.25, 0.3) is 0 Å². The molecule has 0 radical (unpaired) electrons. The van der Waals surface area contributed by atoms with Crippen LogP contribution in [-0.4, -0.2) is 7.11 Å². The lowest BCUT2D eigenvalue weighted by Crippen LogP contribution is -2.12. The van der Waals surface area contributed by atoms with E-state index in [-0.39, 0.29) is 0 Å². The number of hydrogen-bond acceptors (Lipinski definition) is 3. The second kappa shape index (κ2) is 6.45. The summed E-state index contributed by atoms with van der Waals surface area (Å²) in [7, 11) is 1.72. The first-order chi connectivity index (χ1) is 13.7. The van der Waals surface area contributed by atoms with Gasteiger partial charge in [0.15, 0.2) is 0 Å². The van der Waals surface area contributed by atoms with Gasteiger partial charge in [-0.1, -0.05) is 41.5 Å². The second-order valence-corrected chi connectivity index (χ2v) is 7.52. The van der Waals surface area contributed by atoms with E-state index in [0.29, 0.717) is 0 Å². The average Bonchev–Trinajstić information content (AvgIpc) is 2.97. The third kappa shape index (κ3) is 2.58. The van der Waals surface area contributed by atoms with Crippen molar-refractivity contribution in [2.75, 3.05) is 12.0 Å². The van der Waals surface area contributed by atoms with Gasteiger partial charge in [-0.3, -0.25) is 4.90 Å².